The minimum atomic E-state index is 0.845. The summed E-state index contributed by atoms with van der Waals surface area (Å²) < 4.78 is 5.44. The fraction of sp³-hybridized carbons (Fsp3) is 0.571. The number of rotatable bonds is 5. The van der Waals surface area contributed by atoms with Gasteiger partial charge in [0, 0.05) is 31.9 Å². The van der Waals surface area contributed by atoms with Gasteiger partial charge < -0.3 is 15.4 Å². The highest BCUT2D eigenvalue weighted by atomic mass is 16.5. The van der Waals surface area contributed by atoms with Crippen molar-refractivity contribution >= 4 is 0 Å². The number of ether oxygens (including phenoxy) is 1. The molecule has 0 radical (unpaired) electrons. The molecule has 0 bridgehead atoms. The summed E-state index contributed by atoms with van der Waals surface area (Å²) in [7, 11) is 0. The number of hydrogen-bond acceptors (Lipinski definition) is 3. The van der Waals surface area contributed by atoms with Gasteiger partial charge in [-0.2, -0.15) is 0 Å². The van der Waals surface area contributed by atoms with Crippen molar-refractivity contribution in [2.45, 2.75) is 19.8 Å². The molecule has 1 heterocycles. The van der Waals surface area contributed by atoms with E-state index in [9.17, 15) is 0 Å². The zero-order chi connectivity index (χ0) is 12.5. The third-order valence-corrected chi connectivity index (χ3v) is 2.78. The topological polar surface area (TPSA) is 38.5 Å². The van der Waals surface area contributed by atoms with Gasteiger partial charge in [-0.1, -0.05) is 18.7 Å². The monoisotopic (exact) mass is 236 g/mol. The smallest absolute Gasteiger partial charge is 0.0593 e. The Morgan fingerprint density at radius 1 is 1.41 bits per heavy atom. The molecule has 1 aliphatic heterocycles. The molecule has 1 saturated heterocycles. The molecule has 3 nitrogen and oxygen atoms in total. The average molecular weight is 236 g/mol. The molecule has 0 aromatic carbocycles. The molecular weight excluding hydrogens is 212 g/mol. The Balaban J connectivity index is 2.42. The molecule has 0 atom stereocenters. The normalized spacial score (nSPS) is 20.1. The Labute approximate surface area is 105 Å². The van der Waals surface area contributed by atoms with E-state index in [2.05, 4.69) is 11.5 Å². The second kappa shape index (κ2) is 8.09. The van der Waals surface area contributed by atoms with Crippen LogP contribution in [0.3, 0.4) is 0 Å². The lowest BCUT2D eigenvalue weighted by atomic mass is 10.1. The lowest BCUT2D eigenvalue weighted by Crippen LogP contribution is -2.27. The first-order valence-electron chi connectivity index (χ1n) is 6.28. The molecule has 0 aromatic heterocycles. The Bertz CT molecular complexity index is 283. The van der Waals surface area contributed by atoms with Crippen LogP contribution >= 0.6 is 0 Å². The molecule has 0 saturated carbocycles. The Morgan fingerprint density at radius 2 is 2.24 bits per heavy atom. The van der Waals surface area contributed by atoms with Crippen molar-refractivity contribution < 1.29 is 4.74 Å². The molecule has 3 heteroatoms. The summed E-state index contributed by atoms with van der Waals surface area (Å²) in [5, 5.41) is 0. The van der Waals surface area contributed by atoms with E-state index in [-0.39, 0.29) is 0 Å². The molecule has 96 valence electrons. The van der Waals surface area contributed by atoms with E-state index in [1.165, 1.54) is 5.57 Å². The summed E-state index contributed by atoms with van der Waals surface area (Å²) >= 11 is 0. The van der Waals surface area contributed by atoms with Crippen LogP contribution in [0.4, 0.5) is 0 Å². The summed E-state index contributed by atoms with van der Waals surface area (Å²) in [6.07, 6.45) is 8.02. The van der Waals surface area contributed by atoms with Crippen molar-refractivity contribution in [3.63, 3.8) is 0 Å². The van der Waals surface area contributed by atoms with Gasteiger partial charge in [0.05, 0.1) is 6.61 Å². The third-order valence-electron chi connectivity index (χ3n) is 2.78. The van der Waals surface area contributed by atoms with Crippen LogP contribution in [-0.4, -0.2) is 37.7 Å². The van der Waals surface area contributed by atoms with Crippen LogP contribution < -0.4 is 5.73 Å². The highest BCUT2D eigenvalue weighted by Crippen LogP contribution is 2.08. The molecule has 0 aliphatic carbocycles. The summed E-state index contributed by atoms with van der Waals surface area (Å²) in [4.78, 5) is 2.45. The van der Waals surface area contributed by atoms with Gasteiger partial charge in [-0.3, -0.25) is 0 Å². The van der Waals surface area contributed by atoms with Crippen LogP contribution in [0.5, 0.6) is 0 Å². The van der Waals surface area contributed by atoms with Crippen molar-refractivity contribution in [3.8, 4) is 0 Å². The molecule has 1 rings (SSSR count). The molecule has 2 N–H and O–H groups in total. The molecule has 0 amide bonds. The first kappa shape index (κ1) is 14.0. The lowest BCUT2D eigenvalue weighted by molar-refractivity contribution is 0.141. The van der Waals surface area contributed by atoms with Crippen molar-refractivity contribution in [3.05, 3.63) is 36.1 Å². The van der Waals surface area contributed by atoms with Gasteiger partial charge in [-0.05, 0) is 31.4 Å². The first-order valence-corrected chi connectivity index (χ1v) is 6.28. The van der Waals surface area contributed by atoms with Gasteiger partial charge in [-0.25, -0.2) is 0 Å². The van der Waals surface area contributed by atoms with Crippen LogP contribution in [0.2, 0.25) is 0 Å². The quantitative estimate of drug-likeness (QED) is 0.743. The van der Waals surface area contributed by atoms with Crippen molar-refractivity contribution in [2.75, 3.05) is 32.8 Å². The number of allylic oxidation sites excluding steroid dienone is 4. The van der Waals surface area contributed by atoms with Gasteiger partial charge in [0.15, 0.2) is 0 Å². The van der Waals surface area contributed by atoms with E-state index in [0.29, 0.717) is 0 Å². The highest BCUT2D eigenvalue weighted by Gasteiger charge is 2.08. The van der Waals surface area contributed by atoms with Crippen molar-refractivity contribution in [1.29, 1.82) is 0 Å². The Morgan fingerprint density at radius 3 is 2.94 bits per heavy atom. The SMILES string of the molecule is C=C/C=C(\C=C(/C)N)CCN1CCCOCC1. The van der Waals surface area contributed by atoms with Crippen LogP contribution in [0, 0.1) is 0 Å². The third kappa shape index (κ3) is 6.29. The Hall–Kier alpha value is -1.06. The molecule has 0 spiro atoms. The van der Waals surface area contributed by atoms with Crippen LogP contribution in [0.1, 0.15) is 19.8 Å². The standard InChI is InChI=1S/C14H24N2O/c1-3-5-14(12-13(2)15)6-8-16-7-4-10-17-11-9-16/h3,5,12H,1,4,6-11,15H2,2H3/b13-12+,14-5-. The average Bonchev–Trinajstić information content (AvgIpc) is 2.54. The van der Waals surface area contributed by atoms with Gasteiger partial charge >= 0.3 is 0 Å². The predicted molar refractivity (Wildman–Crippen MR) is 72.7 cm³/mol. The fourth-order valence-corrected chi connectivity index (χ4v) is 1.96. The predicted octanol–water partition coefficient (Wildman–Crippen LogP) is 2.07. The number of nitrogens with zero attached hydrogens (tertiary/aromatic N) is 1. The van der Waals surface area contributed by atoms with E-state index in [1.54, 1.807) is 0 Å². The van der Waals surface area contributed by atoms with E-state index in [0.717, 1.165) is 51.4 Å². The first-order chi connectivity index (χ1) is 8.22. The fourth-order valence-electron chi connectivity index (χ4n) is 1.96. The van der Waals surface area contributed by atoms with Crippen LogP contribution in [0.25, 0.3) is 0 Å². The second-order valence-corrected chi connectivity index (χ2v) is 4.42. The maximum Gasteiger partial charge on any atom is 0.0593 e. The minimum absolute atomic E-state index is 0.845. The van der Waals surface area contributed by atoms with Crippen molar-refractivity contribution in [1.82, 2.24) is 4.90 Å². The summed E-state index contributed by atoms with van der Waals surface area (Å²) in [5.74, 6) is 0. The van der Waals surface area contributed by atoms with Gasteiger partial charge in [0.2, 0.25) is 0 Å². The maximum absolute atomic E-state index is 5.71. The molecule has 0 unspecified atom stereocenters. The van der Waals surface area contributed by atoms with E-state index in [4.69, 9.17) is 10.5 Å². The molecule has 1 aliphatic rings. The summed E-state index contributed by atoms with van der Waals surface area (Å²) in [6.45, 7) is 10.6. The van der Waals surface area contributed by atoms with Crippen molar-refractivity contribution in [2.24, 2.45) is 5.73 Å². The molecular formula is C14H24N2O. The lowest BCUT2D eigenvalue weighted by Gasteiger charge is -2.19. The summed E-state index contributed by atoms with van der Waals surface area (Å²) in [5.41, 5.74) is 7.80. The molecule has 1 fully saturated rings. The zero-order valence-electron chi connectivity index (χ0n) is 10.8. The van der Waals surface area contributed by atoms with Crippen LogP contribution in [0.15, 0.2) is 36.1 Å². The minimum Gasteiger partial charge on any atom is -0.402 e. The molecule has 17 heavy (non-hydrogen) atoms. The Kier molecular flexibility index (Phi) is 6.67. The number of hydrogen-bond donors (Lipinski definition) is 1. The van der Waals surface area contributed by atoms with E-state index in [1.807, 2.05) is 25.2 Å². The van der Waals surface area contributed by atoms with Gasteiger partial charge in [0.1, 0.15) is 0 Å². The molecule has 0 aromatic rings. The highest BCUT2D eigenvalue weighted by molar-refractivity contribution is 5.25. The maximum atomic E-state index is 5.71. The largest absolute Gasteiger partial charge is 0.402 e. The summed E-state index contributed by atoms with van der Waals surface area (Å²) in [6, 6.07) is 0. The van der Waals surface area contributed by atoms with E-state index >= 15 is 0 Å². The number of nitrogens with two attached hydrogens (primary N) is 1. The van der Waals surface area contributed by atoms with Gasteiger partial charge in [0.25, 0.3) is 0 Å². The van der Waals surface area contributed by atoms with Crippen LogP contribution in [-0.2, 0) is 4.74 Å². The zero-order valence-corrected chi connectivity index (χ0v) is 10.8. The second-order valence-electron chi connectivity index (χ2n) is 4.42. The van der Waals surface area contributed by atoms with Gasteiger partial charge in [-0.15, -0.1) is 0 Å². The van der Waals surface area contributed by atoms with E-state index < -0.39 is 0 Å².